The van der Waals surface area contributed by atoms with Gasteiger partial charge in [-0.1, -0.05) is 40.9 Å². The average molecular weight is 344 g/mol. The van der Waals surface area contributed by atoms with Crippen LogP contribution in [-0.2, 0) is 6.18 Å². The van der Waals surface area contributed by atoms with Crippen molar-refractivity contribution in [2.75, 3.05) is 0 Å². The van der Waals surface area contributed by atoms with Crippen molar-refractivity contribution in [1.82, 2.24) is 0 Å². The first-order chi connectivity index (χ1) is 9.21. The summed E-state index contributed by atoms with van der Waals surface area (Å²) < 4.78 is 52.8. The van der Waals surface area contributed by atoms with E-state index < -0.39 is 23.1 Å². The number of hydrogen-bond acceptors (Lipinski definition) is 0. The van der Waals surface area contributed by atoms with Gasteiger partial charge in [-0.25, -0.2) is 4.39 Å². The van der Waals surface area contributed by atoms with Gasteiger partial charge < -0.3 is 0 Å². The second kappa shape index (κ2) is 5.43. The lowest BCUT2D eigenvalue weighted by Gasteiger charge is -2.15. The SMILES string of the molecule is Fc1cccc(C(F)(F)F)c1-c1cc(Cl)cc(Cl)c1Cl. The molecule has 0 N–H and O–H groups in total. The molecule has 2 aromatic carbocycles. The van der Waals surface area contributed by atoms with Gasteiger partial charge in [0, 0.05) is 16.1 Å². The minimum absolute atomic E-state index is 0.0504. The van der Waals surface area contributed by atoms with E-state index in [-0.39, 0.29) is 20.6 Å². The van der Waals surface area contributed by atoms with E-state index in [0.29, 0.717) is 0 Å². The maximum atomic E-state index is 13.9. The molecule has 0 saturated carbocycles. The van der Waals surface area contributed by atoms with Gasteiger partial charge in [-0.05, 0) is 24.3 Å². The van der Waals surface area contributed by atoms with Crippen molar-refractivity contribution in [3.8, 4) is 11.1 Å². The normalized spacial score (nSPS) is 11.8. The van der Waals surface area contributed by atoms with Crippen molar-refractivity contribution < 1.29 is 17.6 Å². The molecular weight excluding hydrogens is 338 g/mol. The van der Waals surface area contributed by atoms with Crippen LogP contribution in [0.1, 0.15) is 5.56 Å². The first-order valence-corrected chi connectivity index (χ1v) is 6.36. The summed E-state index contributed by atoms with van der Waals surface area (Å²) in [4.78, 5) is 0. The fourth-order valence-electron chi connectivity index (χ4n) is 1.77. The Kier molecular flexibility index (Phi) is 4.19. The smallest absolute Gasteiger partial charge is 0.206 e. The van der Waals surface area contributed by atoms with Crippen LogP contribution in [0, 0.1) is 5.82 Å². The molecule has 0 radical (unpaired) electrons. The summed E-state index contributed by atoms with van der Waals surface area (Å²) >= 11 is 17.4. The van der Waals surface area contributed by atoms with Gasteiger partial charge in [0.15, 0.2) is 0 Å². The molecule has 0 amide bonds. The lowest BCUT2D eigenvalue weighted by Crippen LogP contribution is -2.08. The van der Waals surface area contributed by atoms with Gasteiger partial charge in [0.25, 0.3) is 0 Å². The molecular formula is C13H5Cl3F4. The van der Waals surface area contributed by atoms with Gasteiger partial charge in [-0.15, -0.1) is 0 Å². The van der Waals surface area contributed by atoms with Gasteiger partial charge in [0.1, 0.15) is 5.82 Å². The van der Waals surface area contributed by atoms with Crippen LogP contribution in [0.5, 0.6) is 0 Å². The molecule has 0 aliphatic heterocycles. The van der Waals surface area contributed by atoms with Crippen molar-refractivity contribution in [2.45, 2.75) is 6.18 Å². The molecule has 0 saturated heterocycles. The van der Waals surface area contributed by atoms with Gasteiger partial charge in [0.05, 0.1) is 15.6 Å². The molecule has 0 unspecified atom stereocenters. The zero-order valence-corrected chi connectivity index (χ0v) is 11.8. The highest BCUT2D eigenvalue weighted by atomic mass is 35.5. The zero-order chi connectivity index (χ0) is 15.1. The predicted molar refractivity (Wildman–Crippen MR) is 71.9 cm³/mol. The molecule has 0 spiro atoms. The highest BCUT2D eigenvalue weighted by Crippen LogP contribution is 2.43. The van der Waals surface area contributed by atoms with Crippen LogP contribution < -0.4 is 0 Å². The Hall–Kier alpha value is -0.970. The molecule has 0 aliphatic rings. The maximum Gasteiger partial charge on any atom is 0.417 e. The molecule has 0 bridgehead atoms. The fourth-order valence-corrected chi connectivity index (χ4v) is 2.47. The van der Waals surface area contributed by atoms with Gasteiger partial charge in [-0.2, -0.15) is 13.2 Å². The Morgan fingerprint density at radius 3 is 2.20 bits per heavy atom. The summed E-state index contributed by atoms with van der Waals surface area (Å²) in [6.07, 6.45) is -4.73. The third kappa shape index (κ3) is 2.87. The highest BCUT2D eigenvalue weighted by molar-refractivity contribution is 6.45. The highest BCUT2D eigenvalue weighted by Gasteiger charge is 2.35. The summed E-state index contributed by atoms with van der Waals surface area (Å²) in [6, 6.07) is 5.06. The Labute approximate surface area is 126 Å². The first-order valence-electron chi connectivity index (χ1n) is 5.22. The molecule has 0 heterocycles. The third-order valence-corrected chi connectivity index (χ3v) is 3.60. The topological polar surface area (TPSA) is 0 Å². The van der Waals surface area contributed by atoms with Crippen LogP contribution in [0.4, 0.5) is 17.6 Å². The number of halogens is 7. The van der Waals surface area contributed by atoms with E-state index in [0.717, 1.165) is 24.3 Å². The Morgan fingerprint density at radius 1 is 0.950 bits per heavy atom. The minimum Gasteiger partial charge on any atom is -0.206 e. The van der Waals surface area contributed by atoms with Crippen molar-refractivity contribution >= 4 is 34.8 Å². The second-order valence-corrected chi connectivity index (χ2v) is 5.13. The molecule has 20 heavy (non-hydrogen) atoms. The van der Waals surface area contributed by atoms with E-state index in [9.17, 15) is 17.6 Å². The summed E-state index contributed by atoms with van der Waals surface area (Å²) in [6.45, 7) is 0. The summed E-state index contributed by atoms with van der Waals surface area (Å²) in [5, 5.41) is -0.178. The fraction of sp³-hybridized carbons (Fsp3) is 0.0769. The third-order valence-electron chi connectivity index (χ3n) is 2.58. The van der Waals surface area contributed by atoms with Crippen LogP contribution >= 0.6 is 34.8 Å². The Balaban J connectivity index is 2.83. The van der Waals surface area contributed by atoms with E-state index in [1.807, 2.05) is 0 Å². The van der Waals surface area contributed by atoms with Crippen molar-refractivity contribution in [2.24, 2.45) is 0 Å². The lowest BCUT2D eigenvalue weighted by molar-refractivity contribution is -0.137. The van der Waals surface area contributed by atoms with Crippen LogP contribution in [0.25, 0.3) is 11.1 Å². The standard InChI is InChI=1S/C13H5Cl3F4/c14-6-4-7(12(16)9(15)5-6)11-8(13(18,19)20)2-1-3-10(11)17/h1-5H. The van der Waals surface area contributed by atoms with Crippen LogP contribution in [0.15, 0.2) is 30.3 Å². The molecule has 2 rings (SSSR count). The largest absolute Gasteiger partial charge is 0.417 e. The number of rotatable bonds is 1. The van der Waals surface area contributed by atoms with E-state index in [4.69, 9.17) is 34.8 Å². The van der Waals surface area contributed by atoms with Crippen molar-refractivity contribution in [3.05, 3.63) is 56.8 Å². The monoisotopic (exact) mass is 342 g/mol. The van der Waals surface area contributed by atoms with Crippen LogP contribution in [0.3, 0.4) is 0 Å². The number of hydrogen-bond donors (Lipinski definition) is 0. The second-order valence-electron chi connectivity index (χ2n) is 3.91. The molecule has 0 aromatic heterocycles. The minimum atomic E-state index is -4.73. The van der Waals surface area contributed by atoms with E-state index in [1.165, 1.54) is 6.07 Å². The molecule has 0 nitrogen and oxygen atoms in total. The summed E-state index contributed by atoms with van der Waals surface area (Å²) in [7, 11) is 0. The average Bonchev–Trinajstić information content (AvgIpc) is 2.32. The molecule has 0 fully saturated rings. The van der Waals surface area contributed by atoms with Crippen molar-refractivity contribution in [3.63, 3.8) is 0 Å². The summed E-state index contributed by atoms with van der Waals surface area (Å²) in [5.41, 5.74) is -2.01. The Morgan fingerprint density at radius 2 is 1.60 bits per heavy atom. The molecule has 7 heteroatoms. The van der Waals surface area contributed by atoms with E-state index in [1.54, 1.807) is 0 Å². The summed E-state index contributed by atoms with van der Waals surface area (Å²) in [5.74, 6) is -1.06. The van der Waals surface area contributed by atoms with E-state index >= 15 is 0 Å². The van der Waals surface area contributed by atoms with Crippen LogP contribution in [0.2, 0.25) is 15.1 Å². The molecule has 0 atom stereocenters. The van der Waals surface area contributed by atoms with Gasteiger partial charge in [-0.3, -0.25) is 0 Å². The number of alkyl halides is 3. The molecule has 106 valence electrons. The zero-order valence-electron chi connectivity index (χ0n) is 9.53. The van der Waals surface area contributed by atoms with Gasteiger partial charge >= 0.3 is 6.18 Å². The van der Waals surface area contributed by atoms with Crippen LogP contribution in [-0.4, -0.2) is 0 Å². The Bertz CT molecular complexity index is 665. The van der Waals surface area contributed by atoms with Gasteiger partial charge in [0.2, 0.25) is 0 Å². The lowest BCUT2D eigenvalue weighted by atomic mass is 9.98. The molecule has 0 aliphatic carbocycles. The predicted octanol–water partition coefficient (Wildman–Crippen LogP) is 6.47. The quantitative estimate of drug-likeness (QED) is 0.411. The van der Waals surface area contributed by atoms with Crippen molar-refractivity contribution in [1.29, 1.82) is 0 Å². The number of benzene rings is 2. The maximum absolute atomic E-state index is 13.9. The van der Waals surface area contributed by atoms with E-state index in [2.05, 4.69) is 0 Å². The molecule has 2 aromatic rings. The first kappa shape index (κ1) is 15.4.